The maximum Gasteiger partial charge on any atom is 0.222 e. The summed E-state index contributed by atoms with van der Waals surface area (Å²) in [5.74, 6) is 0.146. The molecule has 2 aliphatic heterocycles. The topological polar surface area (TPSA) is 50.4 Å². The number of piperidine rings is 1. The maximum atomic E-state index is 11.8. The number of ether oxygens (including phenoxy) is 1. The van der Waals surface area contributed by atoms with E-state index < -0.39 is 0 Å². The van der Waals surface area contributed by atoms with Crippen LogP contribution >= 0.6 is 0 Å². The minimum absolute atomic E-state index is 0.146. The van der Waals surface area contributed by atoms with E-state index in [1.54, 1.807) is 0 Å². The van der Waals surface area contributed by atoms with Gasteiger partial charge in [0.2, 0.25) is 5.91 Å². The molecule has 92 valence electrons. The lowest BCUT2D eigenvalue weighted by Gasteiger charge is -2.30. The Morgan fingerprint density at radius 3 is 3.00 bits per heavy atom. The summed E-state index contributed by atoms with van der Waals surface area (Å²) in [4.78, 5) is 11.8. The zero-order valence-electron chi connectivity index (χ0n) is 10.00. The van der Waals surface area contributed by atoms with Crippen LogP contribution < -0.4 is 10.6 Å². The van der Waals surface area contributed by atoms with Crippen LogP contribution in [0.15, 0.2) is 0 Å². The van der Waals surface area contributed by atoms with Gasteiger partial charge in [-0.05, 0) is 39.2 Å². The maximum absolute atomic E-state index is 11.8. The first kappa shape index (κ1) is 11.9. The van der Waals surface area contributed by atoms with Gasteiger partial charge in [-0.25, -0.2) is 0 Å². The summed E-state index contributed by atoms with van der Waals surface area (Å²) in [7, 11) is 0. The molecule has 0 saturated carbocycles. The third kappa shape index (κ3) is 3.19. The molecule has 3 atom stereocenters. The summed E-state index contributed by atoms with van der Waals surface area (Å²) in [5, 5.41) is 6.50. The Hall–Kier alpha value is -0.610. The fourth-order valence-electron chi connectivity index (χ4n) is 2.52. The summed E-state index contributed by atoms with van der Waals surface area (Å²) in [6, 6.07) is 0.685. The molecule has 0 radical (unpaired) electrons. The van der Waals surface area contributed by atoms with Crippen molar-refractivity contribution in [1.29, 1.82) is 0 Å². The van der Waals surface area contributed by atoms with Crippen LogP contribution in [-0.2, 0) is 9.53 Å². The van der Waals surface area contributed by atoms with Crippen molar-refractivity contribution in [3.63, 3.8) is 0 Å². The molecule has 2 fully saturated rings. The van der Waals surface area contributed by atoms with Crippen LogP contribution in [0.25, 0.3) is 0 Å². The molecular formula is C12H22N2O2. The highest BCUT2D eigenvalue weighted by atomic mass is 16.5. The summed E-state index contributed by atoms with van der Waals surface area (Å²) >= 11 is 0. The van der Waals surface area contributed by atoms with Crippen molar-refractivity contribution in [2.24, 2.45) is 0 Å². The van der Waals surface area contributed by atoms with Crippen molar-refractivity contribution in [2.45, 2.75) is 57.2 Å². The quantitative estimate of drug-likeness (QED) is 0.749. The van der Waals surface area contributed by atoms with Gasteiger partial charge in [0, 0.05) is 18.7 Å². The van der Waals surface area contributed by atoms with E-state index in [4.69, 9.17) is 4.74 Å². The molecule has 2 N–H and O–H groups in total. The first-order valence-electron chi connectivity index (χ1n) is 6.40. The lowest BCUT2D eigenvalue weighted by atomic mass is 9.99. The Bertz CT molecular complexity index is 239. The Labute approximate surface area is 97.1 Å². The van der Waals surface area contributed by atoms with Gasteiger partial charge >= 0.3 is 0 Å². The number of rotatable bonds is 3. The average molecular weight is 226 g/mol. The molecule has 3 unspecified atom stereocenters. The second-order valence-corrected chi connectivity index (χ2v) is 4.90. The largest absolute Gasteiger partial charge is 0.378 e. The normalized spacial score (nSPS) is 34.9. The fraction of sp³-hybridized carbons (Fsp3) is 0.917. The van der Waals surface area contributed by atoms with Crippen molar-refractivity contribution in [3.05, 3.63) is 0 Å². The van der Waals surface area contributed by atoms with Crippen LogP contribution in [0, 0.1) is 0 Å². The fourth-order valence-corrected chi connectivity index (χ4v) is 2.52. The first-order valence-corrected chi connectivity index (χ1v) is 6.40. The van der Waals surface area contributed by atoms with Crippen molar-refractivity contribution in [1.82, 2.24) is 10.6 Å². The van der Waals surface area contributed by atoms with E-state index in [0.717, 1.165) is 38.8 Å². The van der Waals surface area contributed by atoms with Gasteiger partial charge in [-0.15, -0.1) is 0 Å². The predicted molar refractivity (Wildman–Crippen MR) is 62.2 cm³/mol. The summed E-state index contributed by atoms with van der Waals surface area (Å²) in [6.45, 7) is 4.02. The van der Waals surface area contributed by atoms with Crippen molar-refractivity contribution < 1.29 is 9.53 Å². The van der Waals surface area contributed by atoms with E-state index in [-0.39, 0.29) is 12.0 Å². The van der Waals surface area contributed by atoms with E-state index in [0.29, 0.717) is 18.5 Å². The molecule has 2 saturated heterocycles. The second-order valence-electron chi connectivity index (χ2n) is 4.90. The highest BCUT2D eigenvalue weighted by Gasteiger charge is 2.24. The van der Waals surface area contributed by atoms with Gasteiger partial charge in [0.25, 0.3) is 0 Å². The van der Waals surface area contributed by atoms with E-state index in [9.17, 15) is 4.79 Å². The minimum atomic E-state index is 0.146. The van der Waals surface area contributed by atoms with Crippen LogP contribution in [0.2, 0.25) is 0 Å². The highest BCUT2D eigenvalue weighted by molar-refractivity contribution is 5.76. The van der Waals surface area contributed by atoms with Crippen molar-refractivity contribution >= 4 is 5.91 Å². The highest BCUT2D eigenvalue weighted by Crippen LogP contribution is 2.15. The second kappa shape index (κ2) is 5.64. The number of carbonyl (C=O) groups excluding carboxylic acids is 1. The summed E-state index contributed by atoms with van der Waals surface area (Å²) in [6.07, 6.45) is 5.06. The first-order chi connectivity index (χ1) is 7.75. The molecule has 4 nitrogen and oxygen atoms in total. The predicted octanol–water partition coefficient (Wildman–Crippen LogP) is 0.812. The monoisotopic (exact) mass is 226 g/mol. The average Bonchev–Trinajstić information content (AvgIpc) is 2.74. The molecule has 16 heavy (non-hydrogen) atoms. The zero-order valence-corrected chi connectivity index (χ0v) is 10.00. The molecule has 0 aromatic rings. The van der Waals surface area contributed by atoms with Gasteiger partial charge in [0.05, 0.1) is 12.5 Å². The molecule has 0 aromatic carbocycles. The van der Waals surface area contributed by atoms with Gasteiger partial charge in [-0.2, -0.15) is 0 Å². The third-order valence-corrected chi connectivity index (χ3v) is 3.55. The number of amides is 1. The Morgan fingerprint density at radius 2 is 2.31 bits per heavy atom. The Morgan fingerprint density at radius 1 is 1.44 bits per heavy atom. The third-order valence-electron chi connectivity index (χ3n) is 3.55. The minimum Gasteiger partial charge on any atom is -0.378 e. The van der Waals surface area contributed by atoms with Crippen LogP contribution in [0.4, 0.5) is 0 Å². The van der Waals surface area contributed by atoms with Crippen LogP contribution in [0.1, 0.15) is 39.0 Å². The Balaban J connectivity index is 1.72. The summed E-state index contributed by atoms with van der Waals surface area (Å²) in [5.41, 5.74) is 0. The lowest BCUT2D eigenvalue weighted by molar-refractivity contribution is -0.124. The molecule has 0 aromatic heterocycles. The molecule has 4 heteroatoms. The number of hydrogen-bond donors (Lipinski definition) is 2. The van der Waals surface area contributed by atoms with Crippen LogP contribution in [0.5, 0.6) is 0 Å². The van der Waals surface area contributed by atoms with Gasteiger partial charge in [-0.1, -0.05) is 0 Å². The van der Waals surface area contributed by atoms with Crippen LogP contribution in [0.3, 0.4) is 0 Å². The molecular weight excluding hydrogens is 204 g/mol. The molecule has 2 aliphatic rings. The van der Waals surface area contributed by atoms with Crippen LogP contribution in [-0.4, -0.2) is 37.2 Å². The van der Waals surface area contributed by atoms with Gasteiger partial charge in [0.15, 0.2) is 0 Å². The molecule has 0 bridgehead atoms. The van der Waals surface area contributed by atoms with E-state index in [1.807, 2.05) is 0 Å². The number of hydrogen-bond acceptors (Lipinski definition) is 3. The summed E-state index contributed by atoms with van der Waals surface area (Å²) < 4.78 is 5.46. The molecule has 0 spiro atoms. The van der Waals surface area contributed by atoms with Gasteiger partial charge in [0.1, 0.15) is 0 Å². The van der Waals surface area contributed by atoms with Crippen molar-refractivity contribution in [3.8, 4) is 0 Å². The zero-order chi connectivity index (χ0) is 11.4. The molecule has 0 aliphatic carbocycles. The number of nitrogens with one attached hydrogen (secondary N) is 2. The SMILES string of the molecule is CC1NCCCC1NC(=O)CC1CCCO1. The van der Waals surface area contributed by atoms with Crippen molar-refractivity contribution in [2.75, 3.05) is 13.2 Å². The van der Waals surface area contributed by atoms with E-state index in [2.05, 4.69) is 17.6 Å². The van der Waals surface area contributed by atoms with Gasteiger partial charge < -0.3 is 15.4 Å². The van der Waals surface area contributed by atoms with Gasteiger partial charge in [-0.3, -0.25) is 4.79 Å². The van der Waals surface area contributed by atoms with E-state index >= 15 is 0 Å². The van der Waals surface area contributed by atoms with E-state index in [1.165, 1.54) is 0 Å². The molecule has 2 heterocycles. The molecule has 2 rings (SSSR count). The molecule has 1 amide bonds. The standard InChI is InChI=1S/C12H22N2O2/c1-9-11(5-2-6-13-9)14-12(15)8-10-4-3-7-16-10/h9-11,13H,2-8H2,1H3,(H,14,15). The Kier molecular flexibility index (Phi) is 4.18. The number of carbonyl (C=O) groups is 1. The smallest absolute Gasteiger partial charge is 0.222 e. The lowest BCUT2D eigenvalue weighted by Crippen LogP contribution is -2.52.